The average Bonchev–Trinajstić information content (AvgIpc) is 2.78. The second kappa shape index (κ2) is 5.32. The number of aliphatic hydroxyl groups is 1. The van der Waals surface area contributed by atoms with Crippen LogP contribution in [0.15, 0.2) is 24.3 Å². The molecule has 1 aromatic carbocycles. The van der Waals surface area contributed by atoms with Crippen LogP contribution >= 0.6 is 0 Å². The van der Waals surface area contributed by atoms with E-state index in [1.165, 1.54) is 25.7 Å². The van der Waals surface area contributed by atoms with Crippen molar-refractivity contribution in [3.63, 3.8) is 0 Å². The molecule has 0 bridgehead atoms. The van der Waals surface area contributed by atoms with Gasteiger partial charge in [-0.25, -0.2) is 0 Å². The van der Waals surface area contributed by atoms with Crippen molar-refractivity contribution in [2.45, 2.75) is 37.8 Å². The zero-order valence-electron chi connectivity index (χ0n) is 9.39. The van der Waals surface area contributed by atoms with Gasteiger partial charge in [0.25, 0.3) is 0 Å². The molecular formula is C13H19NO2. The zero-order chi connectivity index (χ0) is 11.4. The topological polar surface area (TPSA) is 52.5 Å². The van der Waals surface area contributed by atoms with Crippen LogP contribution in [0.5, 0.6) is 5.75 Å². The molecule has 0 heterocycles. The molecule has 0 amide bonds. The molecule has 1 atom stereocenters. The van der Waals surface area contributed by atoms with E-state index in [0.717, 1.165) is 5.56 Å². The summed E-state index contributed by atoms with van der Waals surface area (Å²) in [5.41, 5.74) is 0.769. The molecule has 1 fully saturated rings. The zero-order valence-corrected chi connectivity index (χ0v) is 9.39. The van der Waals surface area contributed by atoms with Crippen LogP contribution in [0.2, 0.25) is 0 Å². The second-order valence-electron chi connectivity index (χ2n) is 4.50. The van der Waals surface area contributed by atoms with Crippen LogP contribution in [-0.2, 0) is 0 Å². The van der Waals surface area contributed by atoms with E-state index in [0.29, 0.717) is 12.6 Å². The number of aliphatic hydroxyl groups excluding tert-OH is 1. The quantitative estimate of drug-likeness (QED) is 0.728. The number of benzene rings is 1. The molecule has 2 rings (SSSR count). The van der Waals surface area contributed by atoms with Crippen molar-refractivity contribution >= 4 is 0 Å². The second-order valence-corrected chi connectivity index (χ2v) is 4.50. The standard InChI is InChI=1S/C13H19NO2/c15-12-7-3-4-10(8-12)13(16)9-14-11-5-1-2-6-11/h3-4,7-8,11,13-16H,1-2,5-6,9H2. The van der Waals surface area contributed by atoms with Crippen molar-refractivity contribution in [1.82, 2.24) is 5.32 Å². The third-order valence-corrected chi connectivity index (χ3v) is 3.21. The fraction of sp³-hybridized carbons (Fsp3) is 0.538. The van der Waals surface area contributed by atoms with Crippen molar-refractivity contribution in [2.24, 2.45) is 0 Å². The summed E-state index contributed by atoms with van der Waals surface area (Å²) in [6.07, 6.45) is 4.48. The predicted octanol–water partition coefficient (Wildman–Crippen LogP) is 1.96. The first-order valence-corrected chi connectivity index (χ1v) is 5.96. The first kappa shape index (κ1) is 11.4. The Kier molecular flexibility index (Phi) is 3.80. The molecular weight excluding hydrogens is 202 g/mol. The molecule has 16 heavy (non-hydrogen) atoms. The number of aromatic hydroxyl groups is 1. The lowest BCUT2D eigenvalue weighted by molar-refractivity contribution is 0.169. The van der Waals surface area contributed by atoms with Gasteiger partial charge in [-0.05, 0) is 30.5 Å². The smallest absolute Gasteiger partial charge is 0.115 e. The van der Waals surface area contributed by atoms with E-state index < -0.39 is 6.10 Å². The summed E-state index contributed by atoms with van der Waals surface area (Å²) in [5.74, 6) is 0.206. The van der Waals surface area contributed by atoms with Gasteiger partial charge in [0.05, 0.1) is 6.10 Å². The molecule has 1 aliphatic carbocycles. The summed E-state index contributed by atoms with van der Waals surface area (Å²) in [5, 5.41) is 22.6. The molecule has 0 aromatic heterocycles. The highest BCUT2D eigenvalue weighted by atomic mass is 16.3. The number of nitrogens with one attached hydrogen (secondary N) is 1. The Morgan fingerprint density at radius 2 is 2.06 bits per heavy atom. The Labute approximate surface area is 96.1 Å². The van der Waals surface area contributed by atoms with E-state index >= 15 is 0 Å². The van der Waals surface area contributed by atoms with Crippen LogP contribution in [0, 0.1) is 0 Å². The highest BCUT2D eigenvalue weighted by molar-refractivity contribution is 5.28. The molecule has 0 spiro atoms. The number of phenols is 1. The first-order chi connectivity index (χ1) is 7.75. The van der Waals surface area contributed by atoms with Crippen molar-refractivity contribution in [2.75, 3.05) is 6.54 Å². The molecule has 1 aliphatic rings. The Bertz CT molecular complexity index is 334. The number of hydrogen-bond acceptors (Lipinski definition) is 3. The predicted molar refractivity (Wildman–Crippen MR) is 63.3 cm³/mol. The van der Waals surface area contributed by atoms with Crippen LogP contribution in [0.1, 0.15) is 37.4 Å². The van der Waals surface area contributed by atoms with E-state index in [2.05, 4.69) is 5.32 Å². The lowest BCUT2D eigenvalue weighted by Crippen LogP contribution is -2.30. The largest absolute Gasteiger partial charge is 0.508 e. The van der Waals surface area contributed by atoms with Gasteiger partial charge in [0, 0.05) is 12.6 Å². The summed E-state index contributed by atoms with van der Waals surface area (Å²) in [6.45, 7) is 0.564. The summed E-state index contributed by atoms with van der Waals surface area (Å²) in [4.78, 5) is 0. The van der Waals surface area contributed by atoms with Gasteiger partial charge < -0.3 is 15.5 Å². The molecule has 1 aromatic rings. The van der Waals surface area contributed by atoms with Gasteiger partial charge in [-0.15, -0.1) is 0 Å². The summed E-state index contributed by atoms with van der Waals surface area (Å²) < 4.78 is 0. The van der Waals surface area contributed by atoms with Gasteiger partial charge in [-0.1, -0.05) is 25.0 Å². The van der Waals surface area contributed by atoms with Crippen molar-refractivity contribution in [1.29, 1.82) is 0 Å². The van der Waals surface area contributed by atoms with Gasteiger partial charge in [-0.3, -0.25) is 0 Å². The minimum atomic E-state index is -0.535. The lowest BCUT2D eigenvalue weighted by atomic mass is 10.1. The molecule has 3 heteroatoms. The molecule has 1 saturated carbocycles. The monoisotopic (exact) mass is 221 g/mol. The molecule has 0 radical (unpaired) electrons. The Hall–Kier alpha value is -1.06. The van der Waals surface area contributed by atoms with Gasteiger partial charge in [-0.2, -0.15) is 0 Å². The molecule has 88 valence electrons. The summed E-state index contributed by atoms with van der Waals surface area (Å²) in [7, 11) is 0. The summed E-state index contributed by atoms with van der Waals surface area (Å²) in [6, 6.07) is 7.37. The minimum absolute atomic E-state index is 0.206. The maximum absolute atomic E-state index is 9.93. The Morgan fingerprint density at radius 1 is 1.31 bits per heavy atom. The van der Waals surface area contributed by atoms with Crippen molar-refractivity contribution in [3.8, 4) is 5.75 Å². The lowest BCUT2D eigenvalue weighted by Gasteiger charge is -2.16. The maximum Gasteiger partial charge on any atom is 0.115 e. The third-order valence-electron chi connectivity index (χ3n) is 3.21. The van der Waals surface area contributed by atoms with Gasteiger partial charge in [0.1, 0.15) is 5.75 Å². The van der Waals surface area contributed by atoms with Gasteiger partial charge >= 0.3 is 0 Å². The van der Waals surface area contributed by atoms with E-state index in [1.54, 1.807) is 18.2 Å². The highest BCUT2D eigenvalue weighted by Crippen LogP contribution is 2.20. The fourth-order valence-corrected chi connectivity index (χ4v) is 2.26. The van der Waals surface area contributed by atoms with E-state index in [4.69, 9.17) is 0 Å². The molecule has 0 saturated heterocycles. The molecule has 3 N–H and O–H groups in total. The molecule has 0 aliphatic heterocycles. The highest BCUT2D eigenvalue weighted by Gasteiger charge is 2.16. The third kappa shape index (κ3) is 2.97. The normalized spacial score (nSPS) is 18.8. The number of rotatable bonds is 4. The average molecular weight is 221 g/mol. The van der Waals surface area contributed by atoms with E-state index in [9.17, 15) is 10.2 Å². The molecule has 1 unspecified atom stereocenters. The minimum Gasteiger partial charge on any atom is -0.508 e. The number of hydrogen-bond donors (Lipinski definition) is 3. The first-order valence-electron chi connectivity index (χ1n) is 5.96. The van der Waals surface area contributed by atoms with Crippen molar-refractivity contribution < 1.29 is 10.2 Å². The van der Waals surface area contributed by atoms with Gasteiger partial charge in [0.2, 0.25) is 0 Å². The van der Waals surface area contributed by atoms with Crippen molar-refractivity contribution in [3.05, 3.63) is 29.8 Å². The van der Waals surface area contributed by atoms with Crippen LogP contribution in [-0.4, -0.2) is 22.8 Å². The van der Waals surface area contributed by atoms with Crippen LogP contribution in [0.25, 0.3) is 0 Å². The van der Waals surface area contributed by atoms with Crippen LogP contribution in [0.3, 0.4) is 0 Å². The fourth-order valence-electron chi connectivity index (χ4n) is 2.26. The van der Waals surface area contributed by atoms with Crippen LogP contribution in [0.4, 0.5) is 0 Å². The van der Waals surface area contributed by atoms with Crippen LogP contribution < -0.4 is 5.32 Å². The van der Waals surface area contributed by atoms with E-state index in [1.807, 2.05) is 6.07 Å². The van der Waals surface area contributed by atoms with Gasteiger partial charge in [0.15, 0.2) is 0 Å². The maximum atomic E-state index is 9.93. The Balaban J connectivity index is 1.85. The van der Waals surface area contributed by atoms with E-state index in [-0.39, 0.29) is 5.75 Å². The Morgan fingerprint density at radius 3 is 2.75 bits per heavy atom. The summed E-state index contributed by atoms with van der Waals surface area (Å²) >= 11 is 0. The SMILES string of the molecule is Oc1cccc(C(O)CNC2CCCC2)c1. The molecule has 3 nitrogen and oxygen atoms in total. The number of phenolic OH excluding ortho intramolecular Hbond substituents is 1.